The molecule has 2 aromatic rings. The molecule has 34 heavy (non-hydrogen) atoms. The minimum absolute atomic E-state index is 0.0309. The maximum Gasteiger partial charge on any atom is 0.325 e. The number of amides is 4. The summed E-state index contributed by atoms with van der Waals surface area (Å²) < 4.78 is 5.45. The summed E-state index contributed by atoms with van der Waals surface area (Å²) in [5.74, 6) is 0.258. The molecule has 1 atom stereocenters. The first-order valence-electron chi connectivity index (χ1n) is 11.9. The van der Waals surface area contributed by atoms with Crippen LogP contribution in [0.3, 0.4) is 0 Å². The number of hydrogen-bond acceptors (Lipinski definition) is 5. The third kappa shape index (κ3) is 4.03. The van der Waals surface area contributed by atoms with Crippen molar-refractivity contribution in [3.8, 4) is 5.75 Å². The van der Waals surface area contributed by atoms with E-state index in [2.05, 4.69) is 21.6 Å². The molecule has 0 radical (unpaired) electrons. The molecule has 2 aliphatic heterocycles. The predicted octanol–water partition coefficient (Wildman–Crippen LogP) is 2.17. The van der Waals surface area contributed by atoms with Gasteiger partial charge in [0.15, 0.2) is 0 Å². The van der Waals surface area contributed by atoms with Gasteiger partial charge < -0.3 is 15.4 Å². The molecule has 178 valence electrons. The Balaban J connectivity index is 1.15. The Hall–Kier alpha value is -3.39. The number of imide groups is 1. The molecule has 0 bridgehead atoms. The van der Waals surface area contributed by atoms with E-state index < -0.39 is 11.6 Å². The second kappa shape index (κ2) is 9.10. The van der Waals surface area contributed by atoms with Crippen molar-refractivity contribution < 1.29 is 19.1 Å². The van der Waals surface area contributed by atoms with Crippen LogP contribution >= 0.6 is 0 Å². The van der Waals surface area contributed by atoms with Crippen molar-refractivity contribution >= 4 is 17.8 Å². The highest BCUT2D eigenvalue weighted by Crippen LogP contribution is 2.41. The molecule has 2 saturated heterocycles. The zero-order valence-electron chi connectivity index (χ0n) is 19.4. The molecule has 4 amide bonds. The van der Waals surface area contributed by atoms with E-state index in [-0.39, 0.29) is 24.4 Å². The van der Waals surface area contributed by atoms with Crippen molar-refractivity contribution in [2.24, 2.45) is 0 Å². The highest BCUT2D eigenvalue weighted by molar-refractivity contribution is 6.09. The van der Waals surface area contributed by atoms with E-state index in [0.29, 0.717) is 6.42 Å². The average molecular weight is 463 g/mol. The number of urea groups is 1. The van der Waals surface area contributed by atoms with E-state index in [0.717, 1.165) is 66.2 Å². The first-order valence-corrected chi connectivity index (χ1v) is 11.9. The molecule has 8 heteroatoms. The second-order valence-corrected chi connectivity index (χ2v) is 9.31. The lowest BCUT2D eigenvalue weighted by molar-refractivity contribution is -0.135. The Morgan fingerprint density at radius 3 is 2.65 bits per heavy atom. The number of methoxy groups -OCH3 is 1. The molecule has 0 aromatic heterocycles. The molecular formula is C26H30N4O4. The zero-order valence-corrected chi connectivity index (χ0v) is 19.4. The molecule has 1 spiro atoms. The van der Waals surface area contributed by atoms with E-state index in [1.54, 1.807) is 7.11 Å². The Morgan fingerprint density at radius 2 is 1.85 bits per heavy atom. The number of carbonyl (C=O) groups excluding carboxylic acids is 3. The van der Waals surface area contributed by atoms with Gasteiger partial charge in [0.1, 0.15) is 17.8 Å². The van der Waals surface area contributed by atoms with Gasteiger partial charge in [-0.1, -0.05) is 42.5 Å². The van der Waals surface area contributed by atoms with Gasteiger partial charge in [-0.3, -0.25) is 19.4 Å². The van der Waals surface area contributed by atoms with Crippen LogP contribution in [-0.2, 0) is 28.1 Å². The number of aryl methyl sites for hydroxylation is 1. The monoisotopic (exact) mass is 462 g/mol. The van der Waals surface area contributed by atoms with Crippen LogP contribution in [0.5, 0.6) is 5.75 Å². The summed E-state index contributed by atoms with van der Waals surface area (Å²) in [6, 6.07) is 15.2. The third-order valence-corrected chi connectivity index (χ3v) is 7.26. The first-order chi connectivity index (χ1) is 16.5. The standard InChI is InChI=1S/C26H30N4O4/c1-34-22-9-5-3-7-19(22)16-29-14-11-20(12-15-29)27-23(31)17-30-24(32)26(28-25(30)33)13-10-18-6-2-4-8-21(18)26/h2-9,20H,10-17H2,1H3,(H,27,31)(H,28,33). The van der Waals surface area contributed by atoms with Crippen LogP contribution in [0.1, 0.15) is 36.0 Å². The lowest BCUT2D eigenvalue weighted by atomic mass is 9.92. The molecule has 8 nitrogen and oxygen atoms in total. The lowest BCUT2D eigenvalue weighted by Gasteiger charge is -2.32. The third-order valence-electron chi connectivity index (χ3n) is 7.26. The first kappa shape index (κ1) is 22.4. The van der Waals surface area contributed by atoms with Crippen LogP contribution in [0.2, 0.25) is 0 Å². The van der Waals surface area contributed by atoms with Gasteiger partial charge in [-0.25, -0.2) is 4.79 Å². The Bertz CT molecular complexity index is 1110. The van der Waals surface area contributed by atoms with Crippen LogP contribution in [0, 0.1) is 0 Å². The molecule has 2 fully saturated rings. The molecular weight excluding hydrogens is 432 g/mol. The SMILES string of the molecule is COc1ccccc1CN1CCC(NC(=O)CN2C(=O)NC3(CCc4ccccc43)C2=O)CC1. The van der Waals surface area contributed by atoms with Gasteiger partial charge in [0, 0.05) is 31.2 Å². The van der Waals surface area contributed by atoms with Crippen molar-refractivity contribution in [3.05, 3.63) is 65.2 Å². The largest absolute Gasteiger partial charge is 0.496 e. The fraction of sp³-hybridized carbons (Fsp3) is 0.423. The van der Waals surface area contributed by atoms with Crippen LogP contribution in [0.25, 0.3) is 0 Å². The average Bonchev–Trinajstić information content (AvgIpc) is 3.33. The van der Waals surface area contributed by atoms with Crippen molar-refractivity contribution in [2.45, 2.75) is 43.8 Å². The lowest BCUT2D eigenvalue weighted by Crippen LogP contribution is -2.48. The molecule has 1 unspecified atom stereocenters. The Labute approximate surface area is 199 Å². The van der Waals surface area contributed by atoms with Crippen molar-refractivity contribution in [1.82, 2.24) is 20.4 Å². The van der Waals surface area contributed by atoms with Gasteiger partial charge >= 0.3 is 6.03 Å². The number of nitrogens with zero attached hydrogens (tertiary/aromatic N) is 2. The fourth-order valence-corrected chi connectivity index (χ4v) is 5.46. The quantitative estimate of drug-likeness (QED) is 0.642. The van der Waals surface area contributed by atoms with Crippen LogP contribution < -0.4 is 15.4 Å². The zero-order chi connectivity index (χ0) is 23.7. The summed E-state index contributed by atoms with van der Waals surface area (Å²) in [7, 11) is 1.68. The number of carbonyl (C=O) groups is 3. The smallest absolute Gasteiger partial charge is 0.325 e. The number of para-hydroxylation sites is 1. The minimum atomic E-state index is -1.03. The van der Waals surface area contributed by atoms with Crippen molar-refractivity contribution in [1.29, 1.82) is 0 Å². The minimum Gasteiger partial charge on any atom is -0.496 e. The Kier molecular flexibility index (Phi) is 6.00. The van der Waals surface area contributed by atoms with Crippen LogP contribution in [0.15, 0.2) is 48.5 Å². The summed E-state index contributed by atoms with van der Waals surface area (Å²) >= 11 is 0. The van der Waals surface area contributed by atoms with Crippen LogP contribution in [0.4, 0.5) is 4.79 Å². The van der Waals surface area contributed by atoms with Crippen LogP contribution in [-0.4, -0.2) is 60.4 Å². The van der Waals surface area contributed by atoms with Gasteiger partial charge in [0.25, 0.3) is 5.91 Å². The highest BCUT2D eigenvalue weighted by Gasteiger charge is 2.55. The van der Waals surface area contributed by atoms with E-state index in [4.69, 9.17) is 4.74 Å². The van der Waals surface area contributed by atoms with E-state index in [9.17, 15) is 14.4 Å². The van der Waals surface area contributed by atoms with Gasteiger partial charge in [-0.15, -0.1) is 0 Å². The number of benzene rings is 2. The van der Waals surface area contributed by atoms with Gasteiger partial charge in [0.05, 0.1) is 7.11 Å². The van der Waals surface area contributed by atoms with Crippen molar-refractivity contribution in [2.75, 3.05) is 26.7 Å². The topological polar surface area (TPSA) is 91.0 Å². The normalized spacial score (nSPS) is 22.7. The van der Waals surface area contributed by atoms with E-state index in [1.807, 2.05) is 42.5 Å². The summed E-state index contributed by atoms with van der Waals surface area (Å²) in [5, 5.41) is 5.90. The number of rotatable bonds is 6. The Morgan fingerprint density at radius 1 is 1.12 bits per heavy atom. The molecule has 2 heterocycles. The number of nitrogens with one attached hydrogen (secondary N) is 2. The molecule has 2 N–H and O–H groups in total. The number of piperidine rings is 1. The molecule has 1 aliphatic carbocycles. The van der Waals surface area contributed by atoms with E-state index >= 15 is 0 Å². The molecule has 5 rings (SSSR count). The van der Waals surface area contributed by atoms with Gasteiger partial charge in [0.2, 0.25) is 5.91 Å². The van der Waals surface area contributed by atoms with Crippen molar-refractivity contribution in [3.63, 3.8) is 0 Å². The summed E-state index contributed by atoms with van der Waals surface area (Å²) in [6.07, 6.45) is 2.89. The number of ether oxygens (including phenoxy) is 1. The van der Waals surface area contributed by atoms with E-state index in [1.165, 1.54) is 0 Å². The molecule has 0 saturated carbocycles. The maximum atomic E-state index is 13.2. The number of hydrogen-bond donors (Lipinski definition) is 2. The summed E-state index contributed by atoms with van der Waals surface area (Å²) in [4.78, 5) is 42.1. The number of fused-ring (bicyclic) bond motifs is 2. The summed E-state index contributed by atoms with van der Waals surface area (Å²) in [5.41, 5.74) is 2.03. The predicted molar refractivity (Wildman–Crippen MR) is 126 cm³/mol. The number of likely N-dealkylation sites (tertiary alicyclic amines) is 1. The van der Waals surface area contributed by atoms with Gasteiger partial charge in [-0.05, 0) is 42.9 Å². The second-order valence-electron chi connectivity index (χ2n) is 9.31. The fourth-order valence-electron chi connectivity index (χ4n) is 5.46. The summed E-state index contributed by atoms with van der Waals surface area (Å²) in [6.45, 7) is 2.25. The maximum absolute atomic E-state index is 13.2. The molecule has 3 aliphatic rings. The van der Waals surface area contributed by atoms with Gasteiger partial charge in [-0.2, -0.15) is 0 Å². The highest BCUT2D eigenvalue weighted by atomic mass is 16.5. The molecule has 2 aromatic carbocycles.